The minimum absolute atomic E-state index is 0.0702. The van der Waals surface area contributed by atoms with Gasteiger partial charge in [-0.3, -0.25) is 4.79 Å². The number of hydrogen-bond acceptors (Lipinski definition) is 4. The number of carbonyl (C=O) groups is 1. The number of thiophene rings is 1. The standard InChI is InChI=1S/C25H30N4O2S/c1-16(2)15-29-20(13-17-8-11-32-25(17)29)23-26-19-12-18(14-21(31-4)22(19)27(23)3)24(30)28-9-6-5-7-10-28/h8,11-14,16H,5-7,9-10,15H2,1-4H3. The summed E-state index contributed by atoms with van der Waals surface area (Å²) in [5.41, 5.74) is 3.46. The van der Waals surface area contributed by atoms with Gasteiger partial charge in [0.2, 0.25) is 0 Å². The number of carbonyl (C=O) groups excluding carboxylic acids is 1. The van der Waals surface area contributed by atoms with Gasteiger partial charge in [-0.15, -0.1) is 11.3 Å². The molecule has 4 aromatic rings. The van der Waals surface area contributed by atoms with E-state index in [1.54, 1.807) is 18.4 Å². The molecule has 1 aliphatic rings. The maximum Gasteiger partial charge on any atom is 0.254 e. The van der Waals surface area contributed by atoms with Crippen LogP contribution in [0.3, 0.4) is 0 Å². The lowest BCUT2D eigenvalue weighted by molar-refractivity contribution is 0.0724. The monoisotopic (exact) mass is 450 g/mol. The first kappa shape index (κ1) is 21.1. The van der Waals surface area contributed by atoms with Crippen LogP contribution in [-0.2, 0) is 13.6 Å². The van der Waals surface area contributed by atoms with E-state index in [1.165, 1.54) is 16.6 Å². The number of likely N-dealkylation sites (tertiary alicyclic amines) is 1. The summed E-state index contributed by atoms with van der Waals surface area (Å²) < 4.78 is 10.2. The van der Waals surface area contributed by atoms with Gasteiger partial charge in [0.25, 0.3) is 5.91 Å². The van der Waals surface area contributed by atoms with Gasteiger partial charge in [-0.05, 0) is 54.8 Å². The van der Waals surface area contributed by atoms with Crippen LogP contribution in [0.1, 0.15) is 43.5 Å². The number of aryl methyl sites for hydroxylation is 1. The Morgan fingerprint density at radius 2 is 1.97 bits per heavy atom. The van der Waals surface area contributed by atoms with Crippen LogP contribution >= 0.6 is 11.3 Å². The molecule has 0 bridgehead atoms. The molecule has 0 saturated carbocycles. The number of aromatic nitrogens is 3. The van der Waals surface area contributed by atoms with Crippen molar-refractivity contribution in [1.29, 1.82) is 0 Å². The highest BCUT2D eigenvalue weighted by atomic mass is 32.1. The van der Waals surface area contributed by atoms with Gasteiger partial charge in [0.15, 0.2) is 5.82 Å². The molecule has 168 valence electrons. The van der Waals surface area contributed by atoms with E-state index in [2.05, 4.69) is 40.5 Å². The summed E-state index contributed by atoms with van der Waals surface area (Å²) in [4.78, 5) is 21.4. The Labute approximate surface area is 192 Å². The molecule has 7 heteroatoms. The van der Waals surface area contributed by atoms with E-state index < -0.39 is 0 Å². The van der Waals surface area contributed by atoms with Crippen molar-refractivity contribution in [3.8, 4) is 17.3 Å². The predicted molar refractivity (Wildman–Crippen MR) is 131 cm³/mol. The van der Waals surface area contributed by atoms with Crippen LogP contribution in [0.15, 0.2) is 29.6 Å². The molecule has 0 atom stereocenters. The van der Waals surface area contributed by atoms with Gasteiger partial charge in [0, 0.05) is 37.6 Å². The third kappa shape index (κ3) is 3.48. The van der Waals surface area contributed by atoms with E-state index in [-0.39, 0.29) is 5.91 Å². The van der Waals surface area contributed by atoms with Crippen LogP contribution in [0, 0.1) is 5.92 Å². The zero-order valence-corrected chi connectivity index (χ0v) is 20.0. The second-order valence-electron chi connectivity index (χ2n) is 9.11. The molecule has 1 saturated heterocycles. The molecule has 0 aliphatic carbocycles. The highest BCUT2D eigenvalue weighted by molar-refractivity contribution is 7.16. The van der Waals surface area contributed by atoms with Gasteiger partial charge in [-0.2, -0.15) is 0 Å². The van der Waals surface area contributed by atoms with Crippen molar-refractivity contribution >= 4 is 38.5 Å². The lowest BCUT2D eigenvalue weighted by Gasteiger charge is -2.26. The van der Waals surface area contributed by atoms with Gasteiger partial charge in [0.1, 0.15) is 16.1 Å². The number of methoxy groups -OCH3 is 1. The molecule has 0 radical (unpaired) electrons. The largest absolute Gasteiger partial charge is 0.494 e. The average molecular weight is 451 g/mol. The van der Waals surface area contributed by atoms with Gasteiger partial charge >= 0.3 is 0 Å². The summed E-state index contributed by atoms with van der Waals surface area (Å²) in [5, 5.41) is 3.38. The molecule has 0 unspecified atom stereocenters. The fraction of sp³-hybridized carbons (Fsp3) is 0.440. The van der Waals surface area contributed by atoms with Crippen molar-refractivity contribution in [3.05, 3.63) is 35.2 Å². The first-order chi connectivity index (χ1) is 15.5. The predicted octanol–water partition coefficient (Wildman–Crippen LogP) is 5.55. The van der Waals surface area contributed by atoms with E-state index >= 15 is 0 Å². The molecule has 1 aliphatic heterocycles. The first-order valence-corrected chi connectivity index (χ1v) is 12.3. The average Bonchev–Trinajstić information content (AvgIpc) is 3.47. The lowest BCUT2D eigenvalue weighted by Crippen LogP contribution is -2.35. The Kier molecular flexibility index (Phi) is 5.45. The van der Waals surface area contributed by atoms with Crippen LogP contribution in [0.5, 0.6) is 5.75 Å². The Bertz CT molecular complexity index is 1290. The van der Waals surface area contributed by atoms with Crippen LogP contribution in [-0.4, -0.2) is 45.1 Å². The van der Waals surface area contributed by atoms with Crippen molar-refractivity contribution in [2.75, 3.05) is 20.2 Å². The Morgan fingerprint density at radius 1 is 1.19 bits per heavy atom. The highest BCUT2D eigenvalue weighted by Gasteiger charge is 2.24. The Balaban J connectivity index is 1.65. The number of imidazole rings is 1. The summed E-state index contributed by atoms with van der Waals surface area (Å²) >= 11 is 1.77. The van der Waals surface area contributed by atoms with Crippen LogP contribution < -0.4 is 4.74 Å². The molecule has 0 spiro atoms. The number of piperidine rings is 1. The van der Waals surface area contributed by atoms with Gasteiger partial charge in [-0.1, -0.05) is 13.8 Å². The topological polar surface area (TPSA) is 52.3 Å². The first-order valence-electron chi connectivity index (χ1n) is 11.4. The minimum atomic E-state index is 0.0702. The molecular weight excluding hydrogens is 420 g/mol. The van der Waals surface area contributed by atoms with Crippen molar-refractivity contribution < 1.29 is 9.53 Å². The maximum absolute atomic E-state index is 13.2. The molecule has 4 heterocycles. The van der Waals surface area contributed by atoms with Crippen molar-refractivity contribution in [2.24, 2.45) is 13.0 Å². The van der Waals surface area contributed by atoms with Crippen molar-refractivity contribution in [2.45, 2.75) is 39.7 Å². The van der Waals surface area contributed by atoms with Crippen LogP contribution in [0.25, 0.3) is 32.8 Å². The second-order valence-corrected chi connectivity index (χ2v) is 10.0. The summed E-state index contributed by atoms with van der Waals surface area (Å²) in [6.07, 6.45) is 3.34. The molecule has 1 aromatic carbocycles. The van der Waals surface area contributed by atoms with Crippen molar-refractivity contribution in [3.63, 3.8) is 0 Å². The SMILES string of the molecule is COc1cc(C(=O)N2CCCCC2)cc2nc(-c3cc4ccsc4n3CC(C)C)n(C)c12. The summed E-state index contributed by atoms with van der Waals surface area (Å²) in [6.45, 7) is 7.05. The molecule has 5 rings (SSSR count). The molecule has 0 N–H and O–H groups in total. The van der Waals surface area contributed by atoms with E-state index in [9.17, 15) is 4.79 Å². The number of fused-ring (bicyclic) bond motifs is 2. The Morgan fingerprint density at radius 3 is 2.69 bits per heavy atom. The highest BCUT2D eigenvalue weighted by Crippen LogP contribution is 2.36. The normalized spacial score (nSPS) is 14.7. The van der Waals surface area contributed by atoms with Gasteiger partial charge < -0.3 is 18.8 Å². The number of hydrogen-bond donors (Lipinski definition) is 0. The number of benzene rings is 1. The number of amides is 1. The number of nitrogens with zero attached hydrogens (tertiary/aromatic N) is 4. The quantitative estimate of drug-likeness (QED) is 0.401. The lowest BCUT2D eigenvalue weighted by atomic mass is 10.1. The van der Waals surface area contributed by atoms with E-state index in [0.717, 1.165) is 55.0 Å². The maximum atomic E-state index is 13.2. The fourth-order valence-corrected chi connectivity index (χ4v) is 5.71. The fourth-order valence-electron chi connectivity index (χ4n) is 4.80. The van der Waals surface area contributed by atoms with Crippen molar-refractivity contribution in [1.82, 2.24) is 19.0 Å². The molecule has 6 nitrogen and oxygen atoms in total. The molecule has 1 fully saturated rings. The minimum Gasteiger partial charge on any atom is -0.494 e. The van der Waals surface area contributed by atoms with Crippen LogP contribution in [0.4, 0.5) is 0 Å². The molecular formula is C25H30N4O2S. The molecule has 32 heavy (non-hydrogen) atoms. The van der Waals surface area contributed by atoms with Gasteiger partial charge in [-0.25, -0.2) is 4.98 Å². The zero-order valence-electron chi connectivity index (χ0n) is 19.2. The van der Waals surface area contributed by atoms with E-state index in [1.807, 2.05) is 24.1 Å². The third-order valence-electron chi connectivity index (χ3n) is 6.32. The number of rotatable bonds is 5. The summed E-state index contributed by atoms with van der Waals surface area (Å²) in [6, 6.07) is 8.19. The van der Waals surface area contributed by atoms with Crippen LogP contribution in [0.2, 0.25) is 0 Å². The second kappa shape index (κ2) is 8.28. The smallest absolute Gasteiger partial charge is 0.254 e. The summed E-state index contributed by atoms with van der Waals surface area (Å²) in [5.74, 6) is 2.17. The number of ether oxygens (including phenoxy) is 1. The Hall–Kier alpha value is -2.80. The van der Waals surface area contributed by atoms with E-state index in [0.29, 0.717) is 17.2 Å². The summed E-state index contributed by atoms with van der Waals surface area (Å²) in [7, 11) is 3.69. The molecule has 1 amide bonds. The van der Waals surface area contributed by atoms with E-state index in [4.69, 9.17) is 9.72 Å². The van der Waals surface area contributed by atoms with Gasteiger partial charge in [0.05, 0.1) is 18.3 Å². The molecule has 3 aromatic heterocycles. The third-order valence-corrected chi connectivity index (χ3v) is 7.28. The zero-order chi connectivity index (χ0) is 22.4.